The number of hydrogen-bond donors (Lipinski definition) is 2. The fourth-order valence-corrected chi connectivity index (χ4v) is 5.28. The Labute approximate surface area is 180 Å². The third kappa shape index (κ3) is 4.49. The van der Waals surface area contributed by atoms with Crippen LogP contribution in [0.2, 0.25) is 0 Å². The fraction of sp³-hybridized carbons (Fsp3) is 0.524. The molecule has 162 valence electrons. The Kier molecular flexibility index (Phi) is 6.62. The van der Waals surface area contributed by atoms with Gasteiger partial charge in [0.05, 0.1) is 17.1 Å². The Morgan fingerprint density at radius 3 is 2.87 bits per heavy atom. The van der Waals surface area contributed by atoms with Crippen molar-refractivity contribution in [3.05, 3.63) is 41.1 Å². The predicted molar refractivity (Wildman–Crippen MR) is 118 cm³/mol. The standard InChI is InChI=1S/C21H30N6O2S/c1-15-6-3-4-8-19(15)30(28)27-12-17-18(13-27)24-21(25-20(17)23-10-9-22)29-14-16-7-5-11-26(16)2/h3-4,6,8,16H,5,7,9-14,22H2,1-2H3,(H,23,24,25)/t16-,30?/m0/s1. The second kappa shape index (κ2) is 9.38. The Morgan fingerprint density at radius 1 is 1.30 bits per heavy atom. The van der Waals surface area contributed by atoms with Crippen LogP contribution in [0.15, 0.2) is 29.2 Å². The van der Waals surface area contributed by atoms with Gasteiger partial charge >= 0.3 is 6.01 Å². The average Bonchev–Trinajstić information content (AvgIpc) is 3.36. The molecule has 4 rings (SSSR count). The third-order valence-electron chi connectivity index (χ3n) is 5.76. The first kappa shape index (κ1) is 21.2. The summed E-state index contributed by atoms with van der Waals surface area (Å²) in [6.45, 7) is 5.78. The van der Waals surface area contributed by atoms with E-state index in [1.54, 1.807) is 0 Å². The molecule has 0 amide bonds. The number of benzene rings is 1. The van der Waals surface area contributed by atoms with Crippen molar-refractivity contribution in [3.8, 4) is 6.01 Å². The summed E-state index contributed by atoms with van der Waals surface area (Å²) in [6.07, 6.45) is 2.32. The van der Waals surface area contributed by atoms with Gasteiger partial charge in [-0.3, -0.25) is 0 Å². The number of rotatable bonds is 8. The normalized spacial score (nSPS) is 20.3. The van der Waals surface area contributed by atoms with Crippen LogP contribution in [0.1, 0.15) is 29.7 Å². The van der Waals surface area contributed by atoms with Gasteiger partial charge in [0.1, 0.15) is 23.4 Å². The van der Waals surface area contributed by atoms with E-state index in [2.05, 4.69) is 27.2 Å². The van der Waals surface area contributed by atoms with Crippen LogP contribution in [0, 0.1) is 6.92 Å². The van der Waals surface area contributed by atoms with Crippen molar-refractivity contribution in [2.24, 2.45) is 5.73 Å². The van der Waals surface area contributed by atoms with Crippen molar-refractivity contribution >= 4 is 16.8 Å². The van der Waals surface area contributed by atoms with E-state index in [-0.39, 0.29) is 0 Å². The molecule has 1 saturated heterocycles. The topological polar surface area (TPSA) is 96.6 Å². The number of ether oxygens (including phenoxy) is 1. The van der Waals surface area contributed by atoms with Crippen LogP contribution < -0.4 is 15.8 Å². The molecular weight excluding hydrogens is 400 g/mol. The van der Waals surface area contributed by atoms with E-state index in [1.807, 2.05) is 35.5 Å². The zero-order valence-corrected chi connectivity index (χ0v) is 18.5. The Hall–Kier alpha value is -2.07. The number of nitrogens with one attached hydrogen (secondary N) is 1. The highest BCUT2D eigenvalue weighted by Gasteiger charge is 2.30. The van der Waals surface area contributed by atoms with Gasteiger partial charge in [0.25, 0.3) is 0 Å². The van der Waals surface area contributed by atoms with Crippen LogP contribution in [-0.2, 0) is 24.1 Å². The first-order valence-electron chi connectivity index (χ1n) is 10.5. The van der Waals surface area contributed by atoms with Gasteiger partial charge in [-0.1, -0.05) is 18.2 Å². The van der Waals surface area contributed by atoms with Gasteiger partial charge in [-0.25, -0.2) is 8.51 Å². The quantitative estimate of drug-likeness (QED) is 0.657. The van der Waals surface area contributed by atoms with Crippen molar-refractivity contribution in [2.75, 3.05) is 38.6 Å². The van der Waals surface area contributed by atoms with Crippen LogP contribution in [0.5, 0.6) is 6.01 Å². The molecule has 0 spiro atoms. The molecule has 0 radical (unpaired) electrons. The Bertz CT molecular complexity index is 924. The Balaban J connectivity index is 1.53. The maximum Gasteiger partial charge on any atom is 0.318 e. The molecule has 1 aromatic carbocycles. The van der Waals surface area contributed by atoms with Gasteiger partial charge in [0.2, 0.25) is 0 Å². The molecule has 1 aromatic heterocycles. The SMILES string of the molecule is Cc1ccccc1S(=O)N1Cc2nc(OC[C@@H]3CCCN3C)nc(NCCN)c2C1. The van der Waals surface area contributed by atoms with Gasteiger partial charge < -0.3 is 20.7 Å². The summed E-state index contributed by atoms with van der Waals surface area (Å²) in [5, 5.41) is 3.29. The second-order valence-electron chi connectivity index (χ2n) is 7.90. The number of aromatic nitrogens is 2. The van der Waals surface area contributed by atoms with E-state index in [4.69, 9.17) is 10.5 Å². The number of anilines is 1. The first-order chi connectivity index (χ1) is 14.6. The molecule has 0 saturated carbocycles. The summed E-state index contributed by atoms with van der Waals surface area (Å²) in [4.78, 5) is 12.4. The van der Waals surface area contributed by atoms with E-state index >= 15 is 0 Å². The van der Waals surface area contributed by atoms with E-state index in [9.17, 15) is 4.21 Å². The minimum absolute atomic E-state index is 0.372. The van der Waals surface area contributed by atoms with Gasteiger partial charge in [0, 0.05) is 31.2 Å². The highest BCUT2D eigenvalue weighted by Crippen LogP contribution is 2.32. The predicted octanol–water partition coefficient (Wildman–Crippen LogP) is 1.67. The lowest BCUT2D eigenvalue weighted by atomic mass is 10.2. The molecule has 3 N–H and O–H groups in total. The highest BCUT2D eigenvalue weighted by atomic mass is 32.2. The second-order valence-corrected chi connectivity index (χ2v) is 9.35. The first-order valence-corrected chi connectivity index (χ1v) is 11.6. The average molecular weight is 431 g/mol. The summed E-state index contributed by atoms with van der Waals surface area (Å²) in [7, 11) is 0.861. The maximum atomic E-state index is 13.2. The third-order valence-corrected chi connectivity index (χ3v) is 7.32. The van der Waals surface area contributed by atoms with Crippen molar-refractivity contribution in [3.63, 3.8) is 0 Å². The van der Waals surface area contributed by atoms with Gasteiger partial charge in [-0.15, -0.1) is 0 Å². The lowest BCUT2D eigenvalue weighted by Gasteiger charge is -2.19. The number of likely N-dealkylation sites (N-methyl/N-ethyl adjacent to an activating group) is 1. The van der Waals surface area contributed by atoms with Crippen molar-refractivity contribution < 1.29 is 8.95 Å². The largest absolute Gasteiger partial charge is 0.462 e. The molecule has 2 aromatic rings. The van der Waals surface area contributed by atoms with Crippen molar-refractivity contribution in [2.45, 2.75) is 43.8 Å². The van der Waals surface area contributed by atoms with Gasteiger partial charge in [-0.05, 0) is 45.0 Å². The number of likely N-dealkylation sites (tertiary alicyclic amines) is 1. The van der Waals surface area contributed by atoms with Gasteiger partial charge in [0.15, 0.2) is 0 Å². The monoisotopic (exact) mass is 430 g/mol. The molecule has 0 bridgehead atoms. The molecule has 2 aliphatic rings. The molecule has 2 atom stereocenters. The molecule has 30 heavy (non-hydrogen) atoms. The molecular formula is C21H30N6O2S. The zero-order chi connectivity index (χ0) is 21.1. The molecule has 3 heterocycles. The van der Waals surface area contributed by atoms with Crippen LogP contribution >= 0.6 is 0 Å². The van der Waals surface area contributed by atoms with Crippen LogP contribution in [-0.4, -0.2) is 62.7 Å². The molecule has 0 aliphatic carbocycles. The van der Waals surface area contributed by atoms with Crippen LogP contribution in [0.3, 0.4) is 0 Å². The number of nitrogens with two attached hydrogens (primary N) is 1. The number of hydrogen-bond acceptors (Lipinski definition) is 7. The summed E-state index contributed by atoms with van der Waals surface area (Å²) in [6, 6.07) is 8.55. The smallest absolute Gasteiger partial charge is 0.318 e. The highest BCUT2D eigenvalue weighted by molar-refractivity contribution is 7.82. The lowest BCUT2D eigenvalue weighted by molar-refractivity contribution is 0.187. The van der Waals surface area contributed by atoms with E-state index in [0.717, 1.165) is 40.5 Å². The lowest BCUT2D eigenvalue weighted by Crippen LogP contribution is -2.31. The van der Waals surface area contributed by atoms with Crippen molar-refractivity contribution in [1.82, 2.24) is 19.2 Å². The fourth-order valence-electron chi connectivity index (χ4n) is 3.97. The molecule has 9 heteroatoms. The minimum Gasteiger partial charge on any atom is -0.462 e. The summed E-state index contributed by atoms with van der Waals surface area (Å²) >= 11 is 0. The van der Waals surface area contributed by atoms with E-state index < -0.39 is 11.0 Å². The van der Waals surface area contributed by atoms with Crippen molar-refractivity contribution in [1.29, 1.82) is 0 Å². The maximum absolute atomic E-state index is 13.2. The molecule has 2 aliphatic heterocycles. The summed E-state index contributed by atoms with van der Waals surface area (Å²) in [5.74, 6) is 0.726. The van der Waals surface area contributed by atoms with Gasteiger partial charge in [-0.2, -0.15) is 9.97 Å². The van der Waals surface area contributed by atoms with Crippen LogP contribution in [0.25, 0.3) is 0 Å². The number of aryl methyl sites for hydroxylation is 1. The van der Waals surface area contributed by atoms with Crippen LogP contribution in [0.4, 0.5) is 5.82 Å². The number of nitrogens with zero attached hydrogens (tertiary/aromatic N) is 4. The molecule has 1 unspecified atom stereocenters. The summed E-state index contributed by atoms with van der Waals surface area (Å²) < 4.78 is 21.1. The number of fused-ring (bicyclic) bond motifs is 1. The Morgan fingerprint density at radius 2 is 2.13 bits per heavy atom. The molecule has 1 fully saturated rings. The zero-order valence-electron chi connectivity index (χ0n) is 17.6. The van der Waals surface area contributed by atoms with E-state index in [1.165, 1.54) is 6.42 Å². The summed E-state index contributed by atoms with van der Waals surface area (Å²) in [5.41, 5.74) is 8.53. The minimum atomic E-state index is -1.26. The van der Waals surface area contributed by atoms with E-state index in [0.29, 0.717) is 44.8 Å². The molecule has 8 nitrogen and oxygen atoms in total.